The van der Waals surface area contributed by atoms with Gasteiger partial charge in [0.25, 0.3) is 11.8 Å². The van der Waals surface area contributed by atoms with Crippen molar-refractivity contribution in [1.82, 2.24) is 19.8 Å². The maximum atomic E-state index is 13.4. The highest BCUT2D eigenvalue weighted by Gasteiger charge is 2.44. The number of aromatic nitrogens is 1. The van der Waals surface area contributed by atoms with Gasteiger partial charge in [-0.2, -0.15) is 0 Å². The monoisotopic (exact) mass is 529 g/mol. The third kappa shape index (κ3) is 5.02. The number of benzene rings is 1. The van der Waals surface area contributed by atoms with E-state index in [1.165, 1.54) is 38.9 Å². The zero-order valence-electron chi connectivity index (χ0n) is 22.1. The topological polar surface area (TPSA) is 124 Å². The van der Waals surface area contributed by atoms with E-state index in [-0.39, 0.29) is 44.0 Å². The Morgan fingerprint density at radius 1 is 1.21 bits per heavy atom. The Bertz CT molecular complexity index is 1350. The van der Waals surface area contributed by atoms with Crippen LogP contribution in [-0.4, -0.2) is 75.4 Å². The van der Waals surface area contributed by atoms with Crippen LogP contribution in [0, 0.1) is 12.7 Å². The average molecular weight is 530 g/mol. The molecule has 12 heteroatoms. The highest BCUT2D eigenvalue weighted by molar-refractivity contribution is 5.99. The maximum absolute atomic E-state index is 13.4. The van der Waals surface area contributed by atoms with Gasteiger partial charge in [0.1, 0.15) is 23.1 Å². The molecule has 1 fully saturated rings. The summed E-state index contributed by atoms with van der Waals surface area (Å²) in [6.45, 7) is 9.69. The number of carbonyl (C=O) groups is 3. The lowest BCUT2D eigenvalue weighted by molar-refractivity contribution is 0.00682. The molecule has 11 nitrogen and oxygen atoms in total. The Kier molecular flexibility index (Phi) is 7.09. The first-order valence-electron chi connectivity index (χ1n) is 12.4. The molecule has 1 atom stereocenters. The molecule has 1 aromatic heterocycles. The Morgan fingerprint density at radius 2 is 1.92 bits per heavy atom. The molecule has 3 amide bonds. The van der Waals surface area contributed by atoms with E-state index >= 15 is 0 Å². The van der Waals surface area contributed by atoms with Crippen LogP contribution in [0.15, 0.2) is 29.2 Å². The minimum atomic E-state index is -0.972. The van der Waals surface area contributed by atoms with E-state index in [9.17, 15) is 28.7 Å². The molecule has 0 spiro atoms. The van der Waals surface area contributed by atoms with Crippen LogP contribution in [0.5, 0.6) is 5.75 Å². The molecule has 0 bridgehead atoms. The summed E-state index contributed by atoms with van der Waals surface area (Å²) in [6.07, 6.45) is 0.122. The molecule has 0 saturated carbocycles. The van der Waals surface area contributed by atoms with E-state index in [0.717, 1.165) is 0 Å². The average Bonchev–Trinajstić information content (AvgIpc) is 2.84. The fourth-order valence-corrected chi connectivity index (χ4v) is 4.66. The summed E-state index contributed by atoms with van der Waals surface area (Å²) >= 11 is 0. The number of piperazine rings is 1. The number of hydrogen-bond acceptors (Lipinski definition) is 7. The Hall–Kier alpha value is -4.09. The van der Waals surface area contributed by atoms with E-state index < -0.39 is 46.7 Å². The molecular formula is C26H32FN5O6. The summed E-state index contributed by atoms with van der Waals surface area (Å²) in [5, 5.41) is 15.1. The van der Waals surface area contributed by atoms with Gasteiger partial charge >= 0.3 is 6.09 Å². The summed E-state index contributed by atoms with van der Waals surface area (Å²) in [4.78, 5) is 55.0. The minimum absolute atomic E-state index is 0.0344. The molecule has 2 aliphatic rings. The van der Waals surface area contributed by atoms with Crippen molar-refractivity contribution in [3.05, 3.63) is 62.8 Å². The smallest absolute Gasteiger partial charge is 0.410 e. The molecule has 2 aromatic rings. The van der Waals surface area contributed by atoms with Crippen molar-refractivity contribution >= 4 is 17.9 Å². The zero-order valence-corrected chi connectivity index (χ0v) is 22.1. The van der Waals surface area contributed by atoms with Crippen molar-refractivity contribution in [3.8, 4) is 5.75 Å². The van der Waals surface area contributed by atoms with Gasteiger partial charge in [0, 0.05) is 25.8 Å². The van der Waals surface area contributed by atoms with Gasteiger partial charge < -0.3 is 25.0 Å². The van der Waals surface area contributed by atoms with Crippen molar-refractivity contribution in [2.24, 2.45) is 0 Å². The van der Waals surface area contributed by atoms with Crippen LogP contribution < -0.4 is 15.8 Å². The number of nitrogens with one attached hydrogen (secondary N) is 1. The lowest BCUT2D eigenvalue weighted by Gasteiger charge is -2.51. The number of fused-ring (bicyclic) bond motifs is 3. The summed E-state index contributed by atoms with van der Waals surface area (Å²) in [5.74, 6) is -2.57. The number of carbonyl (C=O) groups excluding carboxylic acids is 3. The molecule has 204 valence electrons. The predicted octanol–water partition coefficient (Wildman–Crippen LogP) is 1.92. The van der Waals surface area contributed by atoms with Crippen molar-refractivity contribution < 1.29 is 28.6 Å². The predicted molar refractivity (Wildman–Crippen MR) is 136 cm³/mol. The number of amides is 3. The lowest BCUT2D eigenvalue weighted by atomic mass is 10.1. The van der Waals surface area contributed by atoms with Gasteiger partial charge in [-0.25, -0.2) is 9.18 Å². The SMILES string of the molecule is CCN1C(=O)c2c(O)c(=O)c(C(=O)NCc3ccc(F)cc3C)cn2N2CCN(C(=O)OC(C)(C)C)C[C@@H]12. The largest absolute Gasteiger partial charge is 0.502 e. The number of nitrogens with zero attached hydrogens (tertiary/aromatic N) is 4. The molecule has 4 rings (SSSR count). The van der Waals surface area contributed by atoms with Crippen molar-refractivity contribution in [2.45, 2.75) is 52.9 Å². The number of hydrogen-bond donors (Lipinski definition) is 2. The first-order chi connectivity index (χ1) is 17.8. The van der Waals surface area contributed by atoms with Crippen LogP contribution in [0.3, 0.4) is 0 Å². The number of aryl methyl sites for hydroxylation is 1. The van der Waals surface area contributed by atoms with Gasteiger partial charge in [0.2, 0.25) is 5.43 Å². The quantitative estimate of drug-likeness (QED) is 0.620. The molecule has 2 aliphatic heterocycles. The van der Waals surface area contributed by atoms with Crippen LogP contribution >= 0.6 is 0 Å². The Labute approximate surface area is 219 Å². The molecule has 0 aliphatic carbocycles. The molecule has 1 saturated heterocycles. The van der Waals surface area contributed by atoms with Crippen LogP contribution in [0.4, 0.5) is 9.18 Å². The van der Waals surface area contributed by atoms with E-state index in [1.807, 2.05) is 0 Å². The lowest BCUT2D eigenvalue weighted by Crippen LogP contribution is -2.69. The summed E-state index contributed by atoms with van der Waals surface area (Å²) in [7, 11) is 0. The second-order valence-electron chi connectivity index (χ2n) is 10.3. The van der Waals surface area contributed by atoms with Crippen molar-refractivity contribution in [2.75, 3.05) is 31.2 Å². The fraction of sp³-hybridized carbons (Fsp3) is 0.462. The van der Waals surface area contributed by atoms with Gasteiger partial charge in [-0.05, 0) is 57.9 Å². The summed E-state index contributed by atoms with van der Waals surface area (Å²) in [5.41, 5.74) is -0.963. The number of aromatic hydroxyl groups is 1. The molecule has 3 heterocycles. The van der Waals surface area contributed by atoms with Crippen molar-refractivity contribution in [1.29, 1.82) is 0 Å². The van der Waals surface area contributed by atoms with Crippen LogP contribution in [0.1, 0.15) is 59.7 Å². The molecular weight excluding hydrogens is 497 g/mol. The van der Waals surface area contributed by atoms with Crippen molar-refractivity contribution in [3.63, 3.8) is 0 Å². The minimum Gasteiger partial charge on any atom is -0.502 e. The molecule has 0 unspecified atom stereocenters. The molecule has 38 heavy (non-hydrogen) atoms. The Balaban J connectivity index is 1.65. The normalized spacial score (nSPS) is 17.2. The van der Waals surface area contributed by atoms with Gasteiger partial charge in [-0.3, -0.25) is 24.1 Å². The van der Waals surface area contributed by atoms with Gasteiger partial charge in [-0.15, -0.1) is 0 Å². The number of halogens is 1. The van der Waals surface area contributed by atoms with Crippen LogP contribution in [0.25, 0.3) is 0 Å². The second-order valence-corrected chi connectivity index (χ2v) is 10.3. The number of rotatable bonds is 4. The molecule has 1 aromatic carbocycles. The third-order valence-corrected chi connectivity index (χ3v) is 6.57. The maximum Gasteiger partial charge on any atom is 0.410 e. The van der Waals surface area contributed by atoms with E-state index in [2.05, 4.69) is 5.32 Å². The van der Waals surface area contributed by atoms with Crippen LogP contribution in [0.2, 0.25) is 0 Å². The van der Waals surface area contributed by atoms with E-state index in [4.69, 9.17) is 4.74 Å². The molecule has 0 radical (unpaired) electrons. The number of ether oxygens (including phenoxy) is 1. The number of likely N-dealkylation sites (N-methyl/N-ethyl adjacent to an activating group) is 1. The highest BCUT2D eigenvalue weighted by atomic mass is 19.1. The van der Waals surface area contributed by atoms with E-state index in [1.54, 1.807) is 39.6 Å². The van der Waals surface area contributed by atoms with Crippen LogP contribution in [-0.2, 0) is 11.3 Å². The highest BCUT2D eigenvalue weighted by Crippen LogP contribution is 2.27. The van der Waals surface area contributed by atoms with E-state index in [0.29, 0.717) is 11.1 Å². The number of pyridine rings is 1. The first kappa shape index (κ1) is 27.0. The first-order valence-corrected chi connectivity index (χ1v) is 12.4. The summed E-state index contributed by atoms with van der Waals surface area (Å²) < 4.78 is 20.2. The summed E-state index contributed by atoms with van der Waals surface area (Å²) in [6, 6.07) is 4.15. The van der Waals surface area contributed by atoms with Gasteiger partial charge in [0.05, 0.1) is 13.1 Å². The standard InChI is InChI=1S/C26H32FN5O6/c1-6-30-19-14-29(25(37)38-26(3,4)5)9-10-31(19)32-13-18(21(33)22(34)20(32)24(30)36)23(35)28-12-16-7-8-17(27)11-15(16)2/h7-8,11,13,19,34H,6,9-10,12,14H2,1-5H3,(H,28,35)/t19-/m0/s1. The fourth-order valence-electron chi connectivity index (χ4n) is 4.66. The Morgan fingerprint density at radius 3 is 2.55 bits per heavy atom. The third-order valence-electron chi connectivity index (χ3n) is 6.57. The molecule has 2 N–H and O–H groups in total. The zero-order chi connectivity index (χ0) is 27.9. The second kappa shape index (κ2) is 9.99. The van der Waals surface area contributed by atoms with Gasteiger partial charge in [0.15, 0.2) is 11.4 Å². The van der Waals surface area contributed by atoms with Gasteiger partial charge in [-0.1, -0.05) is 6.07 Å².